The molecule has 0 atom stereocenters. The third kappa shape index (κ3) is 2.96. The normalized spacial score (nSPS) is 10.8. The van der Waals surface area contributed by atoms with Gasteiger partial charge >= 0.3 is 0 Å². The number of H-pyrrole nitrogens is 1. The van der Waals surface area contributed by atoms with Crippen molar-refractivity contribution < 1.29 is 4.74 Å². The van der Waals surface area contributed by atoms with Gasteiger partial charge in [0.2, 0.25) is 0 Å². The molecule has 0 saturated carbocycles. The lowest BCUT2D eigenvalue weighted by molar-refractivity contribution is 0.415. The standard InChI is InChI=1S/C16H16N2OS/c1-19-13-7-8-14-15(11-13)18-16(17-14)20-10-9-12-5-3-2-4-6-12/h2-8,11H,9-10H2,1H3,(H,17,18). The molecule has 0 aliphatic rings. The fourth-order valence-corrected chi connectivity index (χ4v) is 2.95. The second-order valence-corrected chi connectivity index (χ2v) is 5.59. The molecule has 0 radical (unpaired) electrons. The van der Waals surface area contributed by atoms with Gasteiger partial charge in [0.25, 0.3) is 0 Å². The van der Waals surface area contributed by atoms with Gasteiger partial charge in [-0.3, -0.25) is 0 Å². The molecular formula is C16H16N2OS. The first-order valence-electron chi connectivity index (χ1n) is 6.55. The Balaban J connectivity index is 1.66. The van der Waals surface area contributed by atoms with Crippen LogP contribution >= 0.6 is 11.8 Å². The lowest BCUT2D eigenvalue weighted by atomic mass is 10.2. The highest BCUT2D eigenvalue weighted by molar-refractivity contribution is 7.99. The first kappa shape index (κ1) is 13.1. The van der Waals surface area contributed by atoms with Crippen molar-refractivity contribution >= 4 is 22.8 Å². The summed E-state index contributed by atoms with van der Waals surface area (Å²) in [5, 5.41) is 0.962. The van der Waals surface area contributed by atoms with E-state index in [0.29, 0.717) is 0 Å². The van der Waals surface area contributed by atoms with Crippen LogP contribution in [0.3, 0.4) is 0 Å². The van der Waals surface area contributed by atoms with Gasteiger partial charge in [-0.25, -0.2) is 4.98 Å². The van der Waals surface area contributed by atoms with Crippen molar-refractivity contribution in [3.05, 3.63) is 54.1 Å². The zero-order valence-corrected chi connectivity index (χ0v) is 12.1. The third-order valence-electron chi connectivity index (χ3n) is 3.14. The van der Waals surface area contributed by atoms with E-state index in [2.05, 4.69) is 34.2 Å². The Hall–Kier alpha value is -1.94. The summed E-state index contributed by atoms with van der Waals surface area (Å²) in [5.41, 5.74) is 3.36. The SMILES string of the molecule is COc1ccc2nc(SCCc3ccccc3)[nH]c2c1. The van der Waals surface area contributed by atoms with Gasteiger partial charge in [-0.2, -0.15) is 0 Å². The molecular weight excluding hydrogens is 268 g/mol. The summed E-state index contributed by atoms with van der Waals surface area (Å²) in [7, 11) is 1.67. The summed E-state index contributed by atoms with van der Waals surface area (Å²) in [6.45, 7) is 0. The first-order chi connectivity index (χ1) is 9.85. The highest BCUT2D eigenvalue weighted by Gasteiger charge is 2.04. The second-order valence-electron chi connectivity index (χ2n) is 4.51. The van der Waals surface area contributed by atoms with E-state index in [1.165, 1.54) is 5.56 Å². The van der Waals surface area contributed by atoms with Crippen LogP contribution in [0, 0.1) is 0 Å². The van der Waals surface area contributed by atoms with Gasteiger partial charge in [0.15, 0.2) is 5.16 Å². The van der Waals surface area contributed by atoms with Crippen LogP contribution in [0.15, 0.2) is 53.7 Å². The molecule has 1 heterocycles. The predicted octanol–water partition coefficient (Wildman–Crippen LogP) is 3.91. The van der Waals surface area contributed by atoms with Gasteiger partial charge in [-0.1, -0.05) is 42.1 Å². The smallest absolute Gasteiger partial charge is 0.166 e. The molecule has 0 unspecified atom stereocenters. The van der Waals surface area contributed by atoms with Crippen molar-refractivity contribution in [2.75, 3.05) is 12.9 Å². The molecule has 0 fully saturated rings. The Labute approximate surface area is 122 Å². The zero-order valence-electron chi connectivity index (χ0n) is 11.3. The van der Waals surface area contributed by atoms with Crippen LogP contribution in [0.25, 0.3) is 11.0 Å². The number of ether oxygens (including phenoxy) is 1. The molecule has 0 aliphatic heterocycles. The highest BCUT2D eigenvalue weighted by atomic mass is 32.2. The minimum absolute atomic E-state index is 0.849. The minimum Gasteiger partial charge on any atom is -0.497 e. The zero-order chi connectivity index (χ0) is 13.8. The Morgan fingerprint density at radius 3 is 2.80 bits per heavy atom. The fourth-order valence-electron chi connectivity index (χ4n) is 2.07. The van der Waals surface area contributed by atoms with Gasteiger partial charge in [-0.15, -0.1) is 0 Å². The summed E-state index contributed by atoms with van der Waals surface area (Å²) in [6.07, 6.45) is 1.05. The third-order valence-corrected chi connectivity index (χ3v) is 4.01. The highest BCUT2D eigenvalue weighted by Crippen LogP contribution is 2.23. The van der Waals surface area contributed by atoms with E-state index in [9.17, 15) is 0 Å². The molecule has 2 aromatic carbocycles. The van der Waals surface area contributed by atoms with Crippen molar-refractivity contribution in [1.82, 2.24) is 9.97 Å². The number of rotatable bonds is 5. The molecule has 1 aromatic heterocycles. The Kier molecular flexibility index (Phi) is 3.92. The van der Waals surface area contributed by atoms with Crippen LogP contribution in [0.5, 0.6) is 5.75 Å². The number of nitrogens with one attached hydrogen (secondary N) is 1. The molecule has 3 aromatic rings. The topological polar surface area (TPSA) is 37.9 Å². The fraction of sp³-hybridized carbons (Fsp3) is 0.188. The van der Waals surface area contributed by atoms with Crippen molar-refractivity contribution in [1.29, 1.82) is 0 Å². The molecule has 0 amide bonds. The van der Waals surface area contributed by atoms with Gasteiger partial charge < -0.3 is 9.72 Å². The molecule has 3 rings (SSSR count). The molecule has 20 heavy (non-hydrogen) atoms. The van der Waals surface area contributed by atoms with E-state index >= 15 is 0 Å². The molecule has 3 nitrogen and oxygen atoms in total. The maximum absolute atomic E-state index is 5.22. The molecule has 1 N–H and O–H groups in total. The Morgan fingerprint density at radius 1 is 1.15 bits per heavy atom. The summed E-state index contributed by atoms with van der Waals surface area (Å²) in [5.74, 6) is 1.86. The van der Waals surface area contributed by atoms with Crippen LogP contribution < -0.4 is 4.74 Å². The molecule has 4 heteroatoms. The van der Waals surface area contributed by atoms with Gasteiger partial charge in [0.1, 0.15) is 5.75 Å². The molecule has 0 aliphatic carbocycles. The van der Waals surface area contributed by atoms with Crippen molar-refractivity contribution in [2.45, 2.75) is 11.6 Å². The maximum Gasteiger partial charge on any atom is 0.166 e. The number of hydrogen-bond acceptors (Lipinski definition) is 3. The molecule has 0 spiro atoms. The number of aromatic nitrogens is 2. The van der Waals surface area contributed by atoms with E-state index < -0.39 is 0 Å². The lowest BCUT2D eigenvalue weighted by Gasteiger charge is -1.99. The molecule has 0 bridgehead atoms. The molecule has 0 saturated heterocycles. The summed E-state index contributed by atoms with van der Waals surface area (Å²) >= 11 is 1.75. The van der Waals surface area contributed by atoms with E-state index in [1.807, 2.05) is 24.3 Å². The van der Waals surface area contributed by atoms with Gasteiger partial charge in [-0.05, 0) is 24.1 Å². The summed E-state index contributed by atoms with van der Waals surface area (Å²) in [6, 6.07) is 16.4. The van der Waals surface area contributed by atoms with Crippen LogP contribution in [-0.4, -0.2) is 22.8 Å². The summed E-state index contributed by atoms with van der Waals surface area (Å²) < 4.78 is 5.22. The quantitative estimate of drug-likeness (QED) is 0.722. The average Bonchev–Trinajstić information content (AvgIpc) is 2.90. The number of benzene rings is 2. The number of aromatic amines is 1. The monoisotopic (exact) mass is 284 g/mol. The minimum atomic E-state index is 0.849. The van der Waals surface area contributed by atoms with Gasteiger partial charge in [0.05, 0.1) is 18.1 Å². The van der Waals surface area contributed by atoms with Crippen LogP contribution in [0.2, 0.25) is 0 Å². The largest absolute Gasteiger partial charge is 0.497 e. The van der Waals surface area contributed by atoms with Crippen molar-refractivity contribution in [3.63, 3.8) is 0 Å². The number of nitrogens with zero attached hydrogens (tertiary/aromatic N) is 1. The number of methoxy groups -OCH3 is 1. The number of hydrogen-bond donors (Lipinski definition) is 1. The number of imidazole rings is 1. The number of aryl methyl sites for hydroxylation is 1. The summed E-state index contributed by atoms with van der Waals surface area (Å²) in [4.78, 5) is 7.90. The lowest BCUT2D eigenvalue weighted by Crippen LogP contribution is -1.88. The second kappa shape index (κ2) is 6.01. The van der Waals surface area contributed by atoms with Crippen LogP contribution in [0.1, 0.15) is 5.56 Å². The molecule has 102 valence electrons. The maximum atomic E-state index is 5.22. The van der Waals surface area contributed by atoms with Crippen molar-refractivity contribution in [2.24, 2.45) is 0 Å². The van der Waals surface area contributed by atoms with E-state index in [4.69, 9.17) is 4.74 Å². The first-order valence-corrected chi connectivity index (χ1v) is 7.54. The van der Waals surface area contributed by atoms with Crippen LogP contribution in [-0.2, 0) is 6.42 Å². The predicted molar refractivity (Wildman–Crippen MR) is 83.5 cm³/mol. The van der Waals surface area contributed by atoms with Crippen molar-refractivity contribution in [3.8, 4) is 5.75 Å². The number of fused-ring (bicyclic) bond motifs is 1. The Bertz CT molecular complexity index is 694. The van der Waals surface area contributed by atoms with Crippen LogP contribution in [0.4, 0.5) is 0 Å². The average molecular weight is 284 g/mol. The number of thioether (sulfide) groups is 1. The van der Waals surface area contributed by atoms with E-state index in [1.54, 1.807) is 18.9 Å². The van der Waals surface area contributed by atoms with E-state index in [-0.39, 0.29) is 0 Å². The Morgan fingerprint density at radius 2 is 2.00 bits per heavy atom. The van der Waals surface area contributed by atoms with Gasteiger partial charge in [0, 0.05) is 11.8 Å². The van der Waals surface area contributed by atoms with E-state index in [0.717, 1.165) is 34.1 Å².